The fourth-order valence-corrected chi connectivity index (χ4v) is 2.27. The van der Waals surface area contributed by atoms with Crippen LogP contribution in [0.2, 0.25) is 0 Å². The fourth-order valence-electron chi connectivity index (χ4n) is 2.27. The first-order valence-corrected chi connectivity index (χ1v) is 7.03. The van der Waals surface area contributed by atoms with Crippen molar-refractivity contribution < 1.29 is 14.7 Å². The zero-order chi connectivity index (χ0) is 16.1. The van der Waals surface area contributed by atoms with Crippen molar-refractivity contribution in [2.24, 2.45) is 13.0 Å². The summed E-state index contributed by atoms with van der Waals surface area (Å²) in [5.41, 5.74) is 2.09. The highest BCUT2D eigenvalue weighted by molar-refractivity contribution is 5.92. The lowest BCUT2D eigenvalue weighted by molar-refractivity contribution is -0.141. The number of carbonyl (C=O) groups is 2. The van der Waals surface area contributed by atoms with Gasteiger partial charge in [-0.25, -0.2) is 0 Å². The van der Waals surface area contributed by atoms with E-state index in [4.69, 9.17) is 0 Å². The topological polar surface area (TPSA) is 84.2 Å². The first-order chi connectivity index (χ1) is 10.5. The Kier molecular flexibility index (Phi) is 4.93. The first kappa shape index (κ1) is 15.8. The molecule has 0 aliphatic carbocycles. The van der Waals surface area contributed by atoms with Crippen molar-refractivity contribution in [2.75, 3.05) is 6.54 Å². The number of carboxylic acids is 1. The van der Waals surface area contributed by atoms with Crippen LogP contribution in [-0.4, -0.2) is 33.3 Å². The smallest absolute Gasteiger partial charge is 0.308 e. The number of carbonyl (C=O) groups excluding carboxylic acids is 1. The zero-order valence-corrected chi connectivity index (χ0v) is 12.6. The molecule has 2 aromatic rings. The molecule has 1 heterocycles. The van der Waals surface area contributed by atoms with Gasteiger partial charge in [0, 0.05) is 13.6 Å². The summed E-state index contributed by atoms with van der Waals surface area (Å²) in [4.78, 5) is 23.4. The van der Waals surface area contributed by atoms with Crippen molar-refractivity contribution in [3.05, 3.63) is 53.3 Å². The number of nitrogens with zero attached hydrogens (tertiary/aromatic N) is 2. The molecule has 0 aliphatic rings. The standard InChI is InChI=1S/C16H19N3O3/c1-11-8-14(19(2)18-11)15(20)17-10-13(16(21)22)9-12-6-4-3-5-7-12/h3-8,13H,9-10H2,1-2H3,(H,17,20)(H,21,22). The number of rotatable bonds is 6. The number of amides is 1. The lowest BCUT2D eigenvalue weighted by Gasteiger charge is -2.13. The maximum Gasteiger partial charge on any atom is 0.308 e. The van der Waals surface area contributed by atoms with Gasteiger partial charge in [-0.2, -0.15) is 5.10 Å². The molecule has 0 spiro atoms. The summed E-state index contributed by atoms with van der Waals surface area (Å²) in [6, 6.07) is 11.0. The first-order valence-electron chi connectivity index (χ1n) is 7.03. The molecule has 1 aromatic carbocycles. The summed E-state index contributed by atoms with van der Waals surface area (Å²) in [7, 11) is 1.68. The molecule has 1 atom stereocenters. The van der Waals surface area contributed by atoms with Crippen LogP contribution in [0.5, 0.6) is 0 Å². The van der Waals surface area contributed by atoms with E-state index in [1.165, 1.54) is 4.68 Å². The van der Waals surface area contributed by atoms with Gasteiger partial charge in [-0.3, -0.25) is 14.3 Å². The molecule has 0 saturated carbocycles. The second kappa shape index (κ2) is 6.89. The summed E-state index contributed by atoms with van der Waals surface area (Å²) in [6.07, 6.45) is 0.376. The number of benzene rings is 1. The van der Waals surface area contributed by atoms with Gasteiger partial charge < -0.3 is 10.4 Å². The lowest BCUT2D eigenvalue weighted by atomic mass is 9.99. The van der Waals surface area contributed by atoms with Crippen LogP contribution in [0.4, 0.5) is 0 Å². The number of hydrogen-bond acceptors (Lipinski definition) is 3. The molecule has 0 aliphatic heterocycles. The number of nitrogens with one attached hydrogen (secondary N) is 1. The predicted octanol–water partition coefficient (Wildman–Crippen LogP) is 1.40. The van der Waals surface area contributed by atoms with Crippen molar-refractivity contribution >= 4 is 11.9 Å². The Morgan fingerprint density at radius 1 is 1.32 bits per heavy atom. The van der Waals surface area contributed by atoms with E-state index in [-0.39, 0.29) is 12.5 Å². The zero-order valence-electron chi connectivity index (χ0n) is 12.6. The van der Waals surface area contributed by atoms with Crippen LogP contribution in [0.25, 0.3) is 0 Å². The Labute approximate surface area is 128 Å². The molecular weight excluding hydrogens is 282 g/mol. The minimum absolute atomic E-state index is 0.0767. The van der Waals surface area contributed by atoms with Crippen molar-refractivity contribution in [3.63, 3.8) is 0 Å². The second-order valence-electron chi connectivity index (χ2n) is 5.23. The number of hydrogen-bond donors (Lipinski definition) is 2. The van der Waals surface area contributed by atoms with Gasteiger partial charge in [0.1, 0.15) is 5.69 Å². The molecule has 1 amide bonds. The van der Waals surface area contributed by atoms with Gasteiger partial charge in [-0.15, -0.1) is 0 Å². The molecule has 116 valence electrons. The Hall–Kier alpha value is -2.63. The molecule has 0 radical (unpaired) electrons. The predicted molar refractivity (Wildman–Crippen MR) is 81.6 cm³/mol. The lowest BCUT2D eigenvalue weighted by Crippen LogP contribution is -2.34. The van der Waals surface area contributed by atoms with Gasteiger partial charge in [0.2, 0.25) is 0 Å². The minimum atomic E-state index is -0.926. The SMILES string of the molecule is Cc1cc(C(=O)NCC(Cc2ccccc2)C(=O)O)n(C)n1. The Bertz CT molecular complexity index is 665. The Balaban J connectivity index is 1.99. The molecule has 22 heavy (non-hydrogen) atoms. The molecule has 6 nitrogen and oxygen atoms in total. The monoisotopic (exact) mass is 301 g/mol. The fraction of sp³-hybridized carbons (Fsp3) is 0.312. The molecular formula is C16H19N3O3. The summed E-state index contributed by atoms with van der Waals surface area (Å²) in [6.45, 7) is 1.87. The van der Waals surface area contributed by atoms with Crippen molar-refractivity contribution in [3.8, 4) is 0 Å². The number of aromatic nitrogens is 2. The van der Waals surface area contributed by atoms with Crippen LogP contribution in [0.15, 0.2) is 36.4 Å². The highest BCUT2D eigenvalue weighted by Crippen LogP contribution is 2.09. The third kappa shape index (κ3) is 3.94. The highest BCUT2D eigenvalue weighted by atomic mass is 16.4. The Morgan fingerprint density at radius 2 is 2.00 bits per heavy atom. The van der Waals surface area contributed by atoms with Crippen LogP contribution >= 0.6 is 0 Å². The third-order valence-corrected chi connectivity index (χ3v) is 3.42. The highest BCUT2D eigenvalue weighted by Gasteiger charge is 2.20. The molecule has 6 heteroatoms. The van der Waals surface area contributed by atoms with E-state index in [0.717, 1.165) is 11.3 Å². The van der Waals surface area contributed by atoms with E-state index in [9.17, 15) is 14.7 Å². The average molecular weight is 301 g/mol. The third-order valence-electron chi connectivity index (χ3n) is 3.42. The van der Waals surface area contributed by atoms with E-state index >= 15 is 0 Å². The van der Waals surface area contributed by atoms with E-state index in [2.05, 4.69) is 10.4 Å². The van der Waals surface area contributed by atoms with Gasteiger partial charge in [-0.05, 0) is 25.0 Å². The van der Waals surface area contributed by atoms with E-state index in [1.54, 1.807) is 20.0 Å². The summed E-state index contributed by atoms with van der Waals surface area (Å²) < 4.78 is 1.48. The maximum absolute atomic E-state index is 12.1. The molecule has 0 fully saturated rings. The minimum Gasteiger partial charge on any atom is -0.481 e. The normalized spacial score (nSPS) is 11.9. The molecule has 0 bridgehead atoms. The second-order valence-corrected chi connectivity index (χ2v) is 5.23. The van der Waals surface area contributed by atoms with Gasteiger partial charge in [0.15, 0.2) is 0 Å². The molecule has 2 rings (SSSR count). The van der Waals surface area contributed by atoms with Gasteiger partial charge in [-0.1, -0.05) is 30.3 Å². The summed E-state index contributed by atoms with van der Waals surface area (Å²) in [5.74, 6) is -1.91. The maximum atomic E-state index is 12.1. The largest absolute Gasteiger partial charge is 0.481 e. The molecule has 0 saturated heterocycles. The number of aliphatic carboxylic acids is 1. The summed E-state index contributed by atoms with van der Waals surface area (Å²) in [5, 5.41) is 16.1. The van der Waals surface area contributed by atoms with Gasteiger partial charge in [0.05, 0.1) is 11.6 Å². The van der Waals surface area contributed by atoms with Crippen molar-refractivity contribution in [1.29, 1.82) is 0 Å². The van der Waals surface area contributed by atoms with Crippen LogP contribution < -0.4 is 5.32 Å². The summed E-state index contributed by atoms with van der Waals surface area (Å²) >= 11 is 0. The molecule has 1 aromatic heterocycles. The van der Waals surface area contributed by atoms with E-state index in [0.29, 0.717) is 12.1 Å². The van der Waals surface area contributed by atoms with Gasteiger partial charge >= 0.3 is 5.97 Å². The van der Waals surface area contributed by atoms with E-state index < -0.39 is 11.9 Å². The Morgan fingerprint density at radius 3 is 2.55 bits per heavy atom. The van der Waals surface area contributed by atoms with Crippen molar-refractivity contribution in [1.82, 2.24) is 15.1 Å². The van der Waals surface area contributed by atoms with Crippen LogP contribution in [0.3, 0.4) is 0 Å². The molecule has 1 unspecified atom stereocenters. The van der Waals surface area contributed by atoms with Crippen molar-refractivity contribution in [2.45, 2.75) is 13.3 Å². The number of aryl methyl sites for hydroxylation is 2. The average Bonchev–Trinajstić information content (AvgIpc) is 2.82. The van der Waals surface area contributed by atoms with Crippen LogP contribution in [0.1, 0.15) is 21.7 Å². The van der Waals surface area contributed by atoms with E-state index in [1.807, 2.05) is 30.3 Å². The molecule has 2 N–H and O–H groups in total. The van der Waals surface area contributed by atoms with Crippen LogP contribution in [-0.2, 0) is 18.3 Å². The number of carboxylic acid groups (broad SMARTS) is 1. The van der Waals surface area contributed by atoms with Crippen LogP contribution in [0, 0.1) is 12.8 Å². The van der Waals surface area contributed by atoms with Gasteiger partial charge in [0.25, 0.3) is 5.91 Å². The quantitative estimate of drug-likeness (QED) is 0.844.